The SMILES string of the molecule is O=c1[nH]c(=O)n(-c2cc(Cl)c(Oc3ccc(O)c(S(=O)(=O)N4CCC(F)(F)CC4)c3)c(Cl)c2)nc1C(F)(F)F. The Kier molecular flexibility index (Phi) is 7.44. The highest BCUT2D eigenvalue weighted by Crippen LogP contribution is 2.40. The normalized spacial score (nSPS) is 16.3. The Hall–Kier alpha value is -3.21. The van der Waals surface area contributed by atoms with Crippen LogP contribution in [0.3, 0.4) is 0 Å². The van der Waals surface area contributed by atoms with Gasteiger partial charge in [0.1, 0.15) is 16.4 Å². The average molecular weight is 617 g/mol. The van der Waals surface area contributed by atoms with Crippen LogP contribution in [0, 0.1) is 0 Å². The Morgan fingerprint density at radius 1 is 1.05 bits per heavy atom. The number of sulfonamides is 1. The van der Waals surface area contributed by atoms with Crippen LogP contribution in [0.5, 0.6) is 17.2 Å². The molecule has 0 amide bonds. The number of aromatic hydroxyl groups is 1. The van der Waals surface area contributed by atoms with Crippen molar-refractivity contribution in [2.75, 3.05) is 13.1 Å². The van der Waals surface area contributed by atoms with E-state index in [0.29, 0.717) is 0 Å². The molecule has 3 aromatic rings. The van der Waals surface area contributed by atoms with Gasteiger partial charge in [0.05, 0.1) is 15.7 Å². The molecule has 0 radical (unpaired) electrons. The van der Waals surface area contributed by atoms with Crippen LogP contribution in [0.4, 0.5) is 22.0 Å². The van der Waals surface area contributed by atoms with E-state index in [1.807, 2.05) is 0 Å². The van der Waals surface area contributed by atoms with Crippen molar-refractivity contribution in [3.8, 4) is 22.9 Å². The molecule has 1 aromatic heterocycles. The number of halogens is 7. The van der Waals surface area contributed by atoms with Gasteiger partial charge in [-0.25, -0.2) is 22.0 Å². The lowest BCUT2D eigenvalue weighted by Gasteiger charge is -2.31. The van der Waals surface area contributed by atoms with E-state index in [1.54, 1.807) is 0 Å². The quantitative estimate of drug-likeness (QED) is 0.411. The Balaban J connectivity index is 1.68. The molecule has 0 saturated carbocycles. The summed E-state index contributed by atoms with van der Waals surface area (Å²) >= 11 is 12.3. The number of piperidine rings is 1. The first-order valence-corrected chi connectivity index (χ1v) is 12.9. The lowest BCUT2D eigenvalue weighted by atomic mass is 10.1. The van der Waals surface area contributed by atoms with Crippen molar-refractivity contribution in [3.05, 3.63) is 66.9 Å². The minimum Gasteiger partial charge on any atom is -0.507 e. The Bertz CT molecular complexity index is 1640. The fourth-order valence-corrected chi connectivity index (χ4v) is 5.69. The summed E-state index contributed by atoms with van der Waals surface area (Å²) in [4.78, 5) is 24.4. The number of ether oxygens (including phenoxy) is 1. The van der Waals surface area contributed by atoms with Gasteiger partial charge in [-0.15, -0.1) is 0 Å². The Labute approximate surface area is 225 Å². The number of phenolic OH excluding ortho intramolecular Hbond substituents is 1. The zero-order chi connectivity index (χ0) is 28.9. The summed E-state index contributed by atoms with van der Waals surface area (Å²) in [7, 11) is -4.41. The molecule has 0 atom stereocenters. The van der Waals surface area contributed by atoms with Gasteiger partial charge in [0, 0.05) is 32.0 Å². The molecule has 0 aliphatic carbocycles. The number of aromatic nitrogens is 3. The second-order valence-corrected chi connectivity index (χ2v) is 11.0. The van der Waals surface area contributed by atoms with E-state index in [9.17, 15) is 45.1 Å². The summed E-state index contributed by atoms with van der Waals surface area (Å²) in [5.41, 5.74) is -5.35. The summed E-state index contributed by atoms with van der Waals surface area (Å²) in [6.07, 6.45) is -6.57. The zero-order valence-corrected chi connectivity index (χ0v) is 21.4. The van der Waals surface area contributed by atoms with Gasteiger partial charge in [-0.05, 0) is 24.3 Å². The second kappa shape index (κ2) is 10.1. The highest BCUT2D eigenvalue weighted by molar-refractivity contribution is 7.89. The average Bonchev–Trinajstić information content (AvgIpc) is 2.81. The van der Waals surface area contributed by atoms with Crippen molar-refractivity contribution in [1.29, 1.82) is 0 Å². The van der Waals surface area contributed by atoms with Gasteiger partial charge in [0.2, 0.25) is 15.7 Å². The number of nitrogens with one attached hydrogen (secondary N) is 1. The van der Waals surface area contributed by atoms with Gasteiger partial charge in [0.25, 0.3) is 11.5 Å². The molecule has 210 valence electrons. The van der Waals surface area contributed by atoms with Gasteiger partial charge in [-0.3, -0.25) is 9.78 Å². The first kappa shape index (κ1) is 28.8. The van der Waals surface area contributed by atoms with Crippen LogP contribution in [0.1, 0.15) is 18.5 Å². The van der Waals surface area contributed by atoms with E-state index in [-0.39, 0.29) is 31.9 Å². The molecule has 2 aromatic carbocycles. The van der Waals surface area contributed by atoms with Crippen molar-refractivity contribution >= 4 is 33.2 Å². The fraction of sp³-hybridized carbons (Fsp3) is 0.286. The van der Waals surface area contributed by atoms with E-state index >= 15 is 0 Å². The number of nitrogens with zero attached hydrogens (tertiary/aromatic N) is 3. The number of H-pyrrole nitrogens is 1. The molecular weight excluding hydrogens is 602 g/mol. The lowest BCUT2D eigenvalue weighted by molar-refractivity contribution is -0.143. The number of aromatic amines is 1. The highest BCUT2D eigenvalue weighted by Gasteiger charge is 2.40. The highest BCUT2D eigenvalue weighted by atomic mass is 35.5. The Morgan fingerprint density at radius 2 is 1.64 bits per heavy atom. The Morgan fingerprint density at radius 3 is 2.21 bits per heavy atom. The van der Waals surface area contributed by atoms with Crippen LogP contribution >= 0.6 is 23.2 Å². The molecule has 0 spiro atoms. The fourth-order valence-electron chi connectivity index (χ4n) is 3.60. The third-order valence-electron chi connectivity index (χ3n) is 5.55. The van der Waals surface area contributed by atoms with Crippen LogP contribution in [0.2, 0.25) is 10.0 Å². The van der Waals surface area contributed by atoms with Gasteiger partial charge in [0.15, 0.2) is 5.75 Å². The number of phenols is 1. The monoisotopic (exact) mass is 616 g/mol. The van der Waals surface area contributed by atoms with Crippen LogP contribution in [-0.2, 0) is 16.2 Å². The minimum atomic E-state index is -5.17. The van der Waals surface area contributed by atoms with Crippen molar-refractivity contribution in [2.45, 2.75) is 29.8 Å². The molecule has 18 heteroatoms. The number of rotatable bonds is 5. The molecule has 39 heavy (non-hydrogen) atoms. The predicted octanol–water partition coefficient (Wildman–Crippen LogP) is 4.16. The molecule has 0 bridgehead atoms. The summed E-state index contributed by atoms with van der Waals surface area (Å²) in [6, 6.07) is 4.91. The van der Waals surface area contributed by atoms with E-state index in [2.05, 4.69) is 5.10 Å². The van der Waals surface area contributed by atoms with Crippen molar-refractivity contribution in [3.63, 3.8) is 0 Å². The number of hydrogen-bond donors (Lipinski definition) is 2. The van der Waals surface area contributed by atoms with Gasteiger partial charge < -0.3 is 9.84 Å². The largest absolute Gasteiger partial charge is 0.507 e. The molecule has 10 nitrogen and oxygen atoms in total. The first-order chi connectivity index (χ1) is 18.0. The molecule has 0 unspecified atom stereocenters. The maximum atomic E-state index is 13.5. The standard InChI is InChI=1S/C21H15Cl2F5N4O6S/c22-12-7-10(32-19(35)29-18(34)17(30-32)21(26,27)28)8-13(23)16(12)38-11-1-2-14(33)15(9-11)39(36,37)31-5-3-20(24,25)4-6-31/h1-2,7-9,33H,3-6H2,(H,29,34,35). The molecule has 1 aliphatic rings. The summed E-state index contributed by atoms with van der Waals surface area (Å²) < 4.78 is 98.7. The topological polar surface area (TPSA) is 135 Å². The van der Waals surface area contributed by atoms with Gasteiger partial charge in [-0.1, -0.05) is 23.2 Å². The number of hydrogen-bond acceptors (Lipinski definition) is 7. The van der Waals surface area contributed by atoms with Gasteiger partial charge in [-0.2, -0.15) is 27.3 Å². The smallest absolute Gasteiger partial charge is 0.440 e. The van der Waals surface area contributed by atoms with E-state index in [0.717, 1.165) is 34.6 Å². The summed E-state index contributed by atoms with van der Waals surface area (Å²) in [5.74, 6) is -4.23. The van der Waals surface area contributed by atoms with E-state index in [1.165, 1.54) is 4.98 Å². The van der Waals surface area contributed by atoms with Crippen molar-refractivity contribution in [2.24, 2.45) is 0 Å². The van der Waals surface area contributed by atoms with Gasteiger partial charge >= 0.3 is 11.9 Å². The second-order valence-electron chi connectivity index (χ2n) is 8.25. The predicted molar refractivity (Wildman–Crippen MR) is 127 cm³/mol. The first-order valence-electron chi connectivity index (χ1n) is 10.7. The third-order valence-corrected chi connectivity index (χ3v) is 8.04. The summed E-state index contributed by atoms with van der Waals surface area (Å²) in [6.45, 7) is -0.958. The molecule has 1 fully saturated rings. The van der Waals surface area contributed by atoms with Crippen LogP contribution in [0.15, 0.2) is 44.8 Å². The summed E-state index contributed by atoms with van der Waals surface area (Å²) in [5, 5.41) is 12.5. The number of benzene rings is 2. The molecule has 1 aliphatic heterocycles. The minimum absolute atomic E-state index is 0.207. The maximum absolute atomic E-state index is 13.5. The van der Waals surface area contributed by atoms with Crippen LogP contribution in [-0.4, -0.2) is 51.6 Å². The van der Waals surface area contributed by atoms with E-state index in [4.69, 9.17) is 27.9 Å². The van der Waals surface area contributed by atoms with Crippen molar-refractivity contribution < 1.29 is 40.2 Å². The van der Waals surface area contributed by atoms with E-state index < -0.39 is 75.6 Å². The molecular formula is C21H15Cl2F5N4O6S. The molecule has 4 rings (SSSR count). The molecule has 1 saturated heterocycles. The zero-order valence-electron chi connectivity index (χ0n) is 19.1. The van der Waals surface area contributed by atoms with Crippen molar-refractivity contribution in [1.82, 2.24) is 19.1 Å². The maximum Gasteiger partial charge on any atom is 0.440 e. The number of alkyl halides is 5. The van der Waals surface area contributed by atoms with Crippen LogP contribution < -0.4 is 16.0 Å². The molecule has 2 N–H and O–H groups in total. The third kappa shape index (κ3) is 5.88. The van der Waals surface area contributed by atoms with Crippen LogP contribution in [0.25, 0.3) is 5.69 Å². The lowest BCUT2D eigenvalue weighted by Crippen LogP contribution is -2.42. The molecule has 2 heterocycles.